The van der Waals surface area contributed by atoms with E-state index in [1.165, 1.54) is 6.26 Å². The summed E-state index contributed by atoms with van der Waals surface area (Å²) in [5.74, 6) is 3.11. The van der Waals surface area contributed by atoms with E-state index >= 15 is 0 Å². The highest BCUT2D eigenvalue weighted by atomic mass is 32.2. The van der Waals surface area contributed by atoms with Crippen molar-refractivity contribution in [3.05, 3.63) is 24.5 Å². The SMILES string of the molecule is COc1ccc(Nc2nc(NC3CCC(CCS(C)(=O)=O)CC3)c3[nH]cnc3n2)c(OC)c1. The molecular weight excluding hydrogens is 444 g/mol. The smallest absolute Gasteiger partial charge is 0.231 e. The number of nitrogens with one attached hydrogen (secondary N) is 3. The molecule has 1 aromatic carbocycles. The predicted octanol–water partition coefficient (Wildman–Crippen LogP) is 3.52. The Morgan fingerprint density at radius 2 is 1.91 bits per heavy atom. The maximum Gasteiger partial charge on any atom is 0.231 e. The van der Waals surface area contributed by atoms with Crippen molar-refractivity contribution < 1.29 is 17.9 Å². The van der Waals surface area contributed by atoms with Gasteiger partial charge in [0.1, 0.15) is 26.9 Å². The number of anilines is 3. The molecule has 0 radical (unpaired) electrons. The topological polar surface area (TPSA) is 131 Å². The zero-order valence-corrected chi connectivity index (χ0v) is 19.9. The van der Waals surface area contributed by atoms with Crippen LogP contribution in [-0.2, 0) is 9.84 Å². The number of ether oxygens (including phenoxy) is 2. The van der Waals surface area contributed by atoms with E-state index in [2.05, 4.69) is 25.6 Å². The minimum atomic E-state index is -2.91. The molecule has 1 aliphatic rings. The molecular formula is C22H30N6O4S. The molecule has 0 spiro atoms. The quantitative estimate of drug-likeness (QED) is 0.426. The van der Waals surface area contributed by atoms with Gasteiger partial charge in [0.15, 0.2) is 11.5 Å². The maximum atomic E-state index is 11.5. The first-order chi connectivity index (χ1) is 15.8. The van der Waals surface area contributed by atoms with Crippen LogP contribution in [0.5, 0.6) is 11.5 Å². The lowest BCUT2D eigenvalue weighted by atomic mass is 9.84. The summed E-state index contributed by atoms with van der Waals surface area (Å²) in [6.07, 6.45) is 7.56. The molecule has 0 unspecified atom stereocenters. The summed E-state index contributed by atoms with van der Waals surface area (Å²) in [6.45, 7) is 0. The van der Waals surface area contributed by atoms with Gasteiger partial charge in [-0.15, -0.1) is 0 Å². The van der Waals surface area contributed by atoms with Crippen LogP contribution in [0.2, 0.25) is 0 Å². The van der Waals surface area contributed by atoms with Gasteiger partial charge in [-0.05, 0) is 50.2 Å². The van der Waals surface area contributed by atoms with Gasteiger partial charge in [-0.2, -0.15) is 9.97 Å². The van der Waals surface area contributed by atoms with Crippen molar-refractivity contribution >= 4 is 38.5 Å². The van der Waals surface area contributed by atoms with Crippen molar-refractivity contribution in [1.82, 2.24) is 19.9 Å². The molecule has 0 amide bonds. The number of nitrogens with zero attached hydrogens (tertiary/aromatic N) is 3. The molecule has 1 saturated carbocycles. The monoisotopic (exact) mass is 474 g/mol. The number of methoxy groups -OCH3 is 2. The molecule has 3 aromatic rings. The number of aromatic amines is 1. The highest BCUT2D eigenvalue weighted by molar-refractivity contribution is 7.90. The number of imidazole rings is 1. The largest absolute Gasteiger partial charge is 0.497 e. The number of rotatable bonds is 9. The van der Waals surface area contributed by atoms with E-state index in [1.54, 1.807) is 26.6 Å². The number of hydrogen-bond acceptors (Lipinski definition) is 9. The van der Waals surface area contributed by atoms with Crippen molar-refractivity contribution in [2.75, 3.05) is 36.9 Å². The minimum absolute atomic E-state index is 0.254. The molecule has 0 saturated heterocycles. The highest BCUT2D eigenvalue weighted by Crippen LogP contribution is 2.33. The second kappa shape index (κ2) is 9.82. The third-order valence-electron chi connectivity index (χ3n) is 6.03. The summed E-state index contributed by atoms with van der Waals surface area (Å²) in [7, 11) is 0.289. The Bertz CT molecular complexity index is 1200. The first-order valence-corrected chi connectivity index (χ1v) is 13.0. The summed E-state index contributed by atoms with van der Waals surface area (Å²) in [5, 5.41) is 6.76. The minimum Gasteiger partial charge on any atom is -0.497 e. The van der Waals surface area contributed by atoms with Crippen molar-refractivity contribution in [2.45, 2.75) is 38.1 Å². The first-order valence-electron chi connectivity index (χ1n) is 11.0. The van der Waals surface area contributed by atoms with Crippen molar-refractivity contribution in [1.29, 1.82) is 0 Å². The van der Waals surface area contributed by atoms with E-state index in [4.69, 9.17) is 14.5 Å². The molecule has 11 heteroatoms. The van der Waals surface area contributed by atoms with Crippen LogP contribution in [0.4, 0.5) is 17.5 Å². The Balaban J connectivity index is 1.47. The van der Waals surface area contributed by atoms with Crippen LogP contribution in [0.25, 0.3) is 11.2 Å². The molecule has 1 fully saturated rings. The van der Waals surface area contributed by atoms with Gasteiger partial charge >= 0.3 is 0 Å². The van der Waals surface area contributed by atoms with Gasteiger partial charge in [0.05, 0.1) is 32.0 Å². The molecule has 0 bridgehead atoms. The zero-order chi connectivity index (χ0) is 23.4. The summed E-state index contributed by atoms with van der Waals surface area (Å²) in [4.78, 5) is 16.6. The van der Waals surface area contributed by atoms with Gasteiger partial charge in [-0.25, -0.2) is 13.4 Å². The molecule has 178 valence electrons. The van der Waals surface area contributed by atoms with Crippen molar-refractivity contribution in [3.63, 3.8) is 0 Å². The average Bonchev–Trinajstić information content (AvgIpc) is 3.27. The number of benzene rings is 1. The molecule has 2 heterocycles. The third-order valence-corrected chi connectivity index (χ3v) is 7.00. The molecule has 0 atom stereocenters. The molecule has 4 rings (SSSR count). The Labute approximate surface area is 193 Å². The van der Waals surface area contributed by atoms with Gasteiger partial charge in [-0.1, -0.05) is 0 Å². The van der Waals surface area contributed by atoms with Crippen LogP contribution < -0.4 is 20.1 Å². The molecule has 0 aliphatic heterocycles. The number of H-pyrrole nitrogens is 1. The van der Waals surface area contributed by atoms with Crippen molar-refractivity contribution in [2.24, 2.45) is 5.92 Å². The molecule has 3 N–H and O–H groups in total. The van der Waals surface area contributed by atoms with Gasteiger partial charge in [0, 0.05) is 18.4 Å². The summed E-state index contributed by atoms with van der Waals surface area (Å²) in [6, 6.07) is 5.72. The Kier molecular flexibility index (Phi) is 6.87. The highest BCUT2D eigenvalue weighted by Gasteiger charge is 2.23. The van der Waals surface area contributed by atoms with Crippen LogP contribution in [0, 0.1) is 5.92 Å². The molecule has 10 nitrogen and oxygen atoms in total. The van der Waals surface area contributed by atoms with Crippen LogP contribution in [-0.4, -0.2) is 60.6 Å². The van der Waals surface area contributed by atoms with Crippen LogP contribution >= 0.6 is 0 Å². The van der Waals surface area contributed by atoms with Gasteiger partial charge in [0.25, 0.3) is 0 Å². The van der Waals surface area contributed by atoms with Gasteiger partial charge in [-0.3, -0.25) is 0 Å². The predicted molar refractivity (Wildman–Crippen MR) is 128 cm³/mol. The van der Waals surface area contributed by atoms with E-state index in [1.807, 2.05) is 12.1 Å². The van der Waals surface area contributed by atoms with Crippen LogP contribution in [0.15, 0.2) is 24.5 Å². The second-order valence-electron chi connectivity index (χ2n) is 8.47. The fourth-order valence-electron chi connectivity index (χ4n) is 4.19. The number of sulfone groups is 1. The van der Waals surface area contributed by atoms with Crippen molar-refractivity contribution in [3.8, 4) is 11.5 Å². The fraction of sp³-hybridized carbons (Fsp3) is 0.500. The summed E-state index contributed by atoms with van der Waals surface area (Å²) < 4.78 is 33.6. The van der Waals surface area contributed by atoms with E-state index < -0.39 is 9.84 Å². The van der Waals surface area contributed by atoms with Gasteiger partial charge < -0.3 is 25.1 Å². The maximum absolute atomic E-state index is 11.5. The summed E-state index contributed by atoms with van der Waals surface area (Å²) in [5.41, 5.74) is 2.02. The Morgan fingerprint density at radius 3 is 2.61 bits per heavy atom. The van der Waals surface area contributed by atoms with Gasteiger partial charge in [0.2, 0.25) is 5.95 Å². The number of hydrogen-bond donors (Lipinski definition) is 3. The van der Waals surface area contributed by atoms with E-state index in [9.17, 15) is 8.42 Å². The average molecular weight is 475 g/mol. The second-order valence-corrected chi connectivity index (χ2v) is 10.7. The molecule has 2 aromatic heterocycles. The Morgan fingerprint density at radius 1 is 1.12 bits per heavy atom. The van der Waals surface area contributed by atoms with Crippen LogP contribution in [0.3, 0.4) is 0 Å². The molecule has 1 aliphatic carbocycles. The van der Waals surface area contributed by atoms with E-state index in [-0.39, 0.29) is 11.8 Å². The standard InChI is InChI=1S/C22H30N6O4S/c1-31-16-8-9-17(18(12-16)32-2)26-22-27-20-19(23-13-24-20)21(28-22)25-15-6-4-14(5-7-15)10-11-33(3,29)30/h8-9,12-15H,4-7,10-11H2,1-3H3,(H3,23,24,25,26,27,28). The van der Waals surface area contributed by atoms with E-state index in [0.717, 1.165) is 37.6 Å². The molecule has 33 heavy (non-hydrogen) atoms. The van der Waals surface area contributed by atoms with Crippen LogP contribution in [0.1, 0.15) is 32.1 Å². The Hall–Kier alpha value is -3.08. The van der Waals surface area contributed by atoms with E-state index in [0.29, 0.717) is 40.5 Å². The number of fused-ring (bicyclic) bond motifs is 1. The normalized spacial score (nSPS) is 18.8. The first kappa shape index (κ1) is 23.1. The fourth-order valence-corrected chi connectivity index (χ4v) is 4.95. The lowest BCUT2D eigenvalue weighted by Gasteiger charge is -2.29. The zero-order valence-electron chi connectivity index (χ0n) is 19.1. The lowest BCUT2D eigenvalue weighted by Crippen LogP contribution is -2.27. The third kappa shape index (κ3) is 5.84. The lowest BCUT2D eigenvalue weighted by molar-refractivity contribution is 0.330. The number of aromatic nitrogens is 4. The summed E-state index contributed by atoms with van der Waals surface area (Å²) >= 11 is 0.